The van der Waals surface area contributed by atoms with Crippen LogP contribution >= 0.6 is 0 Å². The van der Waals surface area contributed by atoms with Crippen LogP contribution in [0.15, 0.2) is 53.4 Å². The number of carbonyl (C=O) groups excluding carboxylic acids is 1. The average Bonchev–Trinajstić information content (AvgIpc) is 2.74. The van der Waals surface area contributed by atoms with Crippen LogP contribution < -0.4 is 10.1 Å². The van der Waals surface area contributed by atoms with Gasteiger partial charge in [-0.25, -0.2) is 8.42 Å². The standard InChI is InChI=1S/C23H30N2O4S/c1-3-29-21-11-9-20(10-12-21)24-23(26)13-8-19-14-16-25(17-15-19)30(27,28)22-7-5-4-6-18(22)2/h4-7,9-12,19H,3,8,13-17H2,1-2H3,(H,24,26). The van der Waals surface area contributed by atoms with Crippen LogP contribution in [0.4, 0.5) is 5.69 Å². The summed E-state index contributed by atoms with van der Waals surface area (Å²) < 4.78 is 32.8. The van der Waals surface area contributed by atoms with Gasteiger partial charge in [0.15, 0.2) is 0 Å². The molecule has 1 aliphatic rings. The van der Waals surface area contributed by atoms with Crippen molar-refractivity contribution in [3.05, 3.63) is 54.1 Å². The molecule has 0 unspecified atom stereocenters. The molecule has 2 aromatic carbocycles. The van der Waals surface area contributed by atoms with Crippen LogP contribution in [0.2, 0.25) is 0 Å². The molecule has 1 N–H and O–H groups in total. The summed E-state index contributed by atoms with van der Waals surface area (Å²) in [5.74, 6) is 1.12. The lowest BCUT2D eigenvalue weighted by atomic mass is 9.93. The highest BCUT2D eigenvalue weighted by atomic mass is 32.2. The maximum atomic E-state index is 12.9. The molecule has 162 valence electrons. The molecule has 6 nitrogen and oxygen atoms in total. The Kier molecular flexibility index (Phi) is 7.50. The second-order valence-corrected chi connectivity index (χ2v) is 9.56. The van der Waals surface area contributed by atoms with Crippen molar-refractivity contribution >= 4 is 21.6 Å². The zero-order valence-electron chi connectivity index (χ0n) is 17.6. The molecule has 1 saturated heterocycles. The normalized spacial score (nSPS) is 15.7. The van der Waals surface area contributed by atoms with Crippen LogP contribution in [0, 0.1) is 12.8 Å². The second-order valence-electron chi connectivity index (χ2n) is 7.66. The maximum Gasteiger partial charge on any atom is 0.243 e. The first-order valence-electron chi connectivity index (χ1n) is 10.5. The van der Waals surface area contributed by atoms with Gasteiger partial charge in [0.2, 0.25) is 15.9 Å². The monoisotopic (exact) mass is 430 g/mol. The fourth-order valence-electron chi connectivity index (χ4n) is 3.78. The van der Waals surface area contributed by atoms with Gasteiger partial charge in [-0.1, -0.05) is 18.2 Å². The minimum atomic E-state index is -3.45. The minimum Gasteiger partial charge on any atom is -0.494 e. The summed E-state index contributed by atoms with van der Waals surface area (Å²) >= 11 is 0. The van der Waals surface area contributed by atoms with Crippen molar-refractivity contribution in [3.63, 3.8) is 0 Å². The fraction of sp³-hybridized carbons (Fsp3) is 0.435. The summed E-state index contributed by atoms with van der Waals surface area (Å²) in [5, 5.41) is 2.91. The van der Waals surface area contributed by atoms with Gasteiger partial charge in [-0.15, -0.1) is 0 Å². The molecular weight excluding hydrogens is 400 g/mol. The van der Waals surface area contributed by atoms with Gasteiger partial charge in [0, 0.05) is 25.2 Å². The van der Waals surface area contributed by atoms with E-state index in [0.717, 1.165) is 36.3 Å². The largest absolute Gasteiger partial charge is 0.494 e. The maximum absolute atomic E-state index is 12.9. The number of piperidine rings is 1. The number of nitrogens with one attached hydrogen (secondary N) is 1. The number of sulfonamides is 1. The van der Waals surface area contributed by atoms with E-state index in [4.69, 9.17) is 4.74 Å². The van der Waals surface area contributed by atoms with E-state index >= 15 is 0 Å². The molecule has 2 aromatic rings. The molecule has 0 spiro atoms. The van der Waals surface area contributed by atoms with Crippen LogP contribution in [-0.4, -0.2) is 38.3 Å². The van der Waals surface area contributed by atoms with Crippen molar-refractivity contribution in [2.24, 2.45) is 5.92 Å². The van der Waals surface area contributed by atoms with Crippen molar-refractivity contribution in [1.29, 1.82) is 0 Å². The van der Waals surface area contributed by atoms with Crippen LogP contribution in [0.3, 0.4) is 0 Å². The van der Waals surface area contributed by atoms with Crippen LogP contribution in [-0.2, 0) is 14.8 Å². The van der Waals surface area contributed by atoms with Crippen molar-refractivity contribution in [2.75, 3.05) is 25.0 Å². The molecule has 1 fully saturated rings. The van der Waals surface area contributed by atoms with E-state index in [1.165, 1.54) is 0 Å². The summed E-state index contributed by atoms with van der Waals surface area (Å²) in [7, 11) is -3.45. The second kappa shape index (κ2) is 10.1. The highest BCUT2D eigenvalue weighted by molar-refractivity contribution is 7.89. The van der Waals surface area contributed by atoms with Gasteiger partial charge >= 0.3 is 0 Å². The third-order valence-electron chi connectivity index (χ3n) is 5.51. The number of hydrogen-bond acceptors (Lipinski definition) is 4. The van der Waals surface area contributed by atoms with Gasteiger partial charge in [0.05, 0.1) is 11.5 Å². The number of rotatable bonds is 8. The zero-order chi connectivity index (χ0) is 21.6. The Hall–Kier alpha value is -2.38. The van der Waals surface area contributed by atoms with Gasteiger partial charge in [-0.05, 0) is 74.9 Å². The number of amides is 1. The van der Waals surface area contributed by atoms with Crippen molar-refractivity contribution in [3.8, 4) is 5.75 Å². The van der Waals surface area contributed by atoms with Crippen molar-refractivity contribution < 1.29 is 17.9 Å². The molecule has 0 radical (unpaired) electrons. The Morgan fingerprint density at radius 2 is 1.77 bits per heavy atom. The summed E-state index contributed by atoms with van der Waals surface area (Å²) in [6.07, 6.45) is 2.76. The number of ether oxygens (including phenoxy) is 1. The Labute approximate surface area is 179 Å². The molecule has 1 heterocycles. The van der Waals surface area contributed by atoms with E-state index in [9.17, 15) is 13.2 Å². The van der Waals surface area contributed by atoms with E-state index < -0.39 is 10.0 Å². The molecule has 1 aliphatic heterocycles. The first-order valence-corrected chi connectivity index (χ1v) is 11.9. The molecule has 30 heavy (non-hydrogen) atoms. The quantitative estimate of drug-likeness (QED) is 0.681. The molecular formula is C23H30N2O4S. The molecule has 0 atom stereocenters. The fourth-order valence-corrected chi connectivity index (χ4v) is 5.48. The number of anilines is 1. The van der Waals surface area contributed by atoms with Crippen LogP contribution in [0.5, 0.6) is 5.75 Å². The molecule has 0 saturated carbocycles. The zero-order valence-corrected chi connectivity index (χ0v) is 18.5. The Morgan fingerprint density at radius 3 is 2.40 bits per heavy atom. The topological polar surface area (TPSA) is 75.7 Å². The van der Waals surface area contributed by atoms with Crippen LogP contribution in [0.1, 0.15) is 38.2 Å². The minimum absolute atomic E-state index is 0.0193. The average molecular weight is 431 g/mol. The van der Waals surface area contributed by atoms with Gasteiger partial charge in [-0.2, -0.15) is 4.31 Å². The smallest absolute Gasteiger partial charge is 0.243 e. The van der Waals surface area contributed by atoms with Crippen LogP contribution in [0.25, 0.3) is 0 Å². The van der Waals surface area contributed by atoms with Gasteiger partial charge in [0.1, 0.15) is 5.75 Å². The lowest BCUT2D eigenvalue weighted by Crippen LogP contribution is -2.38. The third-order valence-corrected chi connectivity index (χ3v) is 7.57. The lowest BCUT2D eigenvalue weighted by molar-refractivity contribution is -0.116. The van der Waals surface area contributed by atoms with Gasteiger partial charge < -0.3 is 10.1 Å². The Bertz CT molecular complexity index is 949. The molecule has 7 heteroatoms. The number of benzene rings is 2. The SMILES string of the molecule is CCOc1ccc(NC(=O)CCC2CCN(S(=O)(=O)c3ccccc3C)CC2)cc1. The van der Waals surface area contributed by atoms with E-state index in [1.807, 2.05) is 50.2 Å². The number of aryl methyl sites for hydroxylation is 1. The first kappa shape index (κ1) is 22.3. The number of carbonyl (C=O) groups is 1. The molecule has 3 rings (SSSR count). The summed E-state index contributed by atoms with van der Waals surface area (Å²) in [6.45, 7) is 5.36. The predicted octanol–water partition coefficient (Wildman–Crippen LogP) is 4.21. The number of nitrogens with zero attached hydrogens (tertiary/aromatic N) is 1. The van der Waals surface area contributed by atoms with E-state index in [0.29, 0.717) is 36.9 Å². The van der Waals surface area contributed by atoms with Gasteiger partial charge in [-0.3, -0.25) is 4.79 Å². The van der Waals surface area contributed by atoms with Crippen molar-refractivity contribution in [2.45, 2.75) is 44.4 Å². The summed E-state index contributed by atoms with van der Waals surface area (Å²) in [6, 6.07) is 14.4. The highest BCUT2D eigenvalue weighted by Crippen LogP contribution is 2.28. The van der Waals surface area contributed by atoms with Gasteiger partial charge in [0.25, 0.3) is 0 Å². The van der Waals surface area contributed by atoms with Crippen molar-refractivity contribution in [1.82, 2.24) is 4.31 Å². The van der Waals surface area contributed by atoms with E-state index in [-0.39, 0.29) is 5.91 Å². The summed E-state index contributed by atoms with van der Waals surface area (Å²) in [4.78, 5) is 12.7. The predicted molar refractivity (Wildman–Crippen MR) is 118 cm³/mol. The molecule has 0 aliphatic carbocycles. The van der Waals surface area contributed by atoms with E-state index in [2.05, 4.69) is 5.32 Å². The Balaban J connectivity index is 1.45. The molecule has 0 aromatic heterocycles. The first-order chi connectivity index (χ1) is 14.4. The van der Waals surface area contributed by atoms with E-state index in [1.54, 1.807) is 16.4 Å². The lowest BCUT2D eigenvalue weighted by Gasteiger charge is -2.31. The summed E-state index contributed by atoms with van der Waals surface area (Å²) in [5.41, 5.74) is 1.52. The Morgan fingerprint density at radius 1 is 1.10 bits per heavy atom. The highest BCUT2D eigenvalue weighted by Gasteiger charge is 2.30. The number of hydrogen-bond donors (Lipinski definition) is 1. The molecule has 0 bridgehead atoms. The third kappa shape index (κ3) is 5.61. The molecule has 1 amide bonds.